The second-order valence-corrected chi connectivity index (χ2v) is 22.5. The molecule has 0 atom stereocenters. The molecule has 7 heteroatoms. The van der Waals surface area contributed by atoms with Crippen molar-refractivity contribution in [1.82, 2.24) is 0 Å². The Balaban J connectivity index is 0. The first-order valence-corrected chi connectivity index (χ1v) is 18.4. The zero-order valence-corrected chi connectivity index (χ0v) is 28.1. The van der Waals surface area contributed by atoms with Crippen molar-refractivity contribution >= 4 is 16.1 Å². The van der Waals surface area contributed by atoms with E-state index in [2.05, 4.69) is 86.1 Å². The van der Waals surface area contributed by atoms with E-state index in [1.165, 1.54) is 39.1 Å². The van der Waals surface area contributed by atoms with Crippen LogP contribution in [0.4, 0.5) is 0 Å². The Hall–Kier alpha value is 0.917. The first-order chi connectivity index (χ1) is 12.1. The van der Waals surface area contributed by atoms with Crippen LogP contribution < -0.4 is 49.6 Å². The van der Waals surface area contributed by atoms with Gasteiger partial charge in [-0.1, -0.05) is 0 Å². The normalized spacial score (nSPS) is 20.0. The third-order valence-corrected chi connectivity index (χ3v) is 11.7. The maximum absolute atomic E-state index is 2.55. The molecule has 3 aliphatic rings. The molecule has 0 heterocycles. The van der Waals surface area contributed by atoms with E-state index in [-0.39, 0.29) is 55.0 Å². The summed E-state index contributed by atoms with van der Waals surface area (Å²) >= 11 is 1.53. The first kappa shape index (κ1) is 34.1. The minimum atomic E-state index is -1.51. The van der Waals surface area contributed by atoms with Gasteiger partial charge in [-0.2, -0.15) is 0 Å². The molecule has 0 aliphatic heterocycles. The number of hydrogen-bond donors (Lipinski definition) is 0. The van der Waals surface area contributed by atoms with Gasteiger partial charge in [0.25, 0.3) is 0 Å². The van der Waals surface area contributed by atoms with E-state index in [0.717, 1.165) is 0 Å². The van der Waals surface area contributed by atoms with Crippen LogP contribution in [0.25, 0.3) is 0 Å². The maximum Gasteiger partial charge on any atom is -1.00 e. The van der Waals surface area contributed by atoms with Gasteiger partial charge in [-0.15, -0.1) is 0 Å². The van der Waals surface area contributed by atoms with Gasteiger partial charge in [-0.05, 0) is 0 Å². The van der Waals surface area contributed by atoms with Gasteiger partial charge in [0, 0.05) is 0 Å². The Kier molecular flexibility index (Phi) is 11.7. The summed E-state index contributed by atoms with van der Waals surface area (Å²) in [7, 11) is -2.97. The molecule has 3 aliphatic carbocycles. The number of halogens is 4. The second kappa shape index (κ2) is 10.7. The van der Waals surface area contributed by atoms with Crippen molar-refractivity contribution in [2.45, 2.75) is 73.9 Å². The molecular formula is C24H35Cl4Si2Zr. The van der Waals surface area contributed by atoms with E-state index in [9.17, 15) is 0 Å². The van der Waals surface area contributed by atoms with Crippen LogP contribution in [-0.2, 0) is 24.7 Å². The van der Waals surface area contributed by atoms with Gasteiger partial charge >= 0.3 is 185 Å². The SMILES string of the molecule is CC1=C(C)C(C)(C)C(C2=C([Si](C)(C)C)C([Si](C)(C)C)=C3C=[C]([Zr+4])C=C32)=C1C.[Cl-].[Cl-].[Cl-].[Cl-]. The predicted molar refractivity (Wildman–Crippen MR) is 122 cm³/mol. The summed E-state index contributed by atoms with van der Waals surface area (Å²) in [5.41, 5.74) is 11.1. The Morgan fingerprint density at radius 3 is 1.52 bits per heavy atom. The number of allylic oxidation sites excluding steroid dienone is 12. The van der Waals surface area contributed by atoms with Gasteiger partial charge < -0.3 is 49.6 Å². The molecule has 0 saturated carbocycles. The Morgan fingerprint density at radius 1 is 0.710 bits per heavy atom. The van der Waals surface area contributed by atoms with Crippen molar-refractivity contribution in [3.05, 3.63) is 64.8 Å². The molecular weight excluding hydrogens is 577 g/mol. The summed E-state index contributed by atoms with van der Waals surface area (Å²) in [6.07, 6.45) is 5.02. The largest absolute Gasteiger partial charge is 1.00 e. The Morgan fingerprint density at radius 2 is 1.16 bits per heavy atom. The summed E-state index contributed by atoms with van der Waals surface area (Å²) in [4.78, 5) is 0. The molecule has 0 N–H and O–H groups in total. The molecule has 0 radical (unpaired) electrons. The van der Waals surface area contributed by atoms with Crippen LogP contribution in [0.15, 0.2) is 64.8 Å². The van der Waals surface area contributed by atoms with E-state index < -0.39 is 16.1 Å². The van der Waals surface area contributed by atoms with Crippen molar-refractivity contribution in [2.75, 3.05) is 0 Å². The fourth-order valence-corrected chi connectivity index (χ4v) is 11.9. The zero-order valence-electron chi connectivity index (χ0n) is 20.7. The number of fused-ring (bicyclic) bond motifs is 1. The average Bonchev–Trinajstić information content (AvgIpc) is 3.03. The molecule has 0 aromatic rings. The van der Waals surface area contributed by atoms with Crippen LogP contribution in [0.3, 0.4) is 0 Å². The van der Waals surface area contributed by atoms with Gasteiger partial charge in [0.05, 0.1) is 0 Å². The molecule has 0 saturated heterocycles. The van der Waals surface area contributed by atoms with Crippen LogP contribution in [0, 0.1) is 5.41 Å². The smallest absolute Gasteiger partial charge is 1.00 e. The van der Waals surface area contributed by atoms with Crippen LogP contribution in [0.2, 0.25) is 39.3 Å². The average molecular weight is 613 g/mol. The fourth-order valence-electron chi connectivity index (χ4n) is 5.20. The Labute approximate surface area is 232 Å². The van der Waals surface area contributed by atoms with Crippen LogP contribution in [-0.4, -0.2) is 16.1 Å². The summed E-state index contributed by atoms with van der Waals surface area (Å²) in [5, 5.41) is 3.53. The van der Waals surface area contributed by atoms with Crippen molar-refractivity contribution in [1.29, 1.82) is 0 Å². The van der Waals surface area contributed by atoms with Crippen LogP contribution in [0.1, 0.15) is 34.6 Å². The Bertz CT molecular complexity index is 947. The summed E-state index contributed by atoms with van der Waals surface area (Å²) < 4.78 is 1.51. The molecule has 0 spiro atoms. The van der Waals surface area contributed by atoms with E-state index in [1.807, 2.05) is 0 Å². The third kappa shape index (κ3) is 5.44. The van der Waals surface area contributed by atoms with Gasteiger partial charge in [0.1, 0.15) is 0 Å². The maximum atomic E-state index is 2.55. The van der Waals surface area contributed by atoms with Crippen molar-refractivity contribution < 1.29 is 74.3 Å². The third-order valence-electron chi connectivity index (χ3n) is 6.74. The molecule has 3 rings (SSSR count). The van der Waals surface area contributed by atoms with Gasteiger partial charge in [-0.25, -0.2) is 0 Å². The van der Waals surface area contributed by atoms with E-state index in [0.29, 0.717) is 0 Å². The van der Waals surface area contributed by atoms with Crippen molar-refractivity contribution in [3.8, 4) is 0 Å². The van der Waals surface area contributed by atoms with E-state index >= 15 is 0 Å². The first-order valence-electron chi connectivity index (χ1n) is 10.2. The molecule has 0 aromatic carbocycles. The number of rotatable bonds is 3. The molecule has 0 aromatic heterocycles. The zero-order chi connectivity index (χ0) is 20.7. The molecule has 31 heavy (non-hydrogen) atoms. The summed E-state index contributed by atoms with van der Waals surface area (Å²) in [5.74, 6) is 0. The minimum absolute atomic E-state index is 0. The predicted octanol–water partition coefficient (Wildman–Crippen LogP) is -4.57. The molecule has 0 nitrogen and oxygen atoms in total. The van der Waals surface area contributed by atoms with E-state index in [4.69, 9.17) is 0 Å². The molecule has 171 valence electrons. The van der Waals surface area contributed by atoms with Crippen molar-refractivity contribution in [2.24, 2.45) is 5.41 Å². The standard InChI is InChI=1S/C24H35Si2.4ClH.Zr/c1-15-16(2)21(24(4,5)17(15)3)20-18-13-12-14-19(18)22(25(6,7)8)23(20)26(9,10)11;;;;;/h13-14H,1-11H3;4*1H;/q;;;;;+4/p-4. The fraction of sp³-hybridized carbons (Fsp3) is 0.500. The molecule has 0 unspecified atom stereocenters. The van der Waals surface area contributed by atoms with Crippen LogP contribution >= 0.6 is 0 Å². The quantitative estimate of drug-likeness (QED) is 0.282. The van der Waals surface area contributed by atoms with Crippen molar-refractivity contribution in [3.63, 3.8) is 0 Å². The van der Waals surface area contributed by atoms with Crippen LogP contribution in [0.5, 0.6) is 0 Å². The molecule has 0 amide bonds. The summed E-state index contributed by atoms with van der Waals surface area (Å²) in [6, 6.07) is 0. The monoisotopic (exact) mass is 609 g/mol. The van der Waals surface area contributed by atoms with Gasteiger partial charge in [-0.3, -0.25) is 0 Å². The second-order valence-electron chi connectivity index (χ2n) is 11.1. The van der Waals surface area contributed by atoms with E-state index in [1.54, 1.807) is 38.3 Å². The molecule has 0 bridgehead atoms. The van der Waals surface area contributed by atoms with Gasteiger partial charge in [0.2, 0.25) is 0 Å². The minimum Gasteiger partial charge on any atom is -1.00 e. The summed E-state index contributed by atoms with van der Waals surface area (Å²) in [6.45, 7) is 27.2. The topological polar surface area (TPSA) is 0 Å². The molecule has 0 fully saturated rings. The number of hydrogen-bond acceptors (Lipinski definition) is 0. The van der Waals surface area contributed by atoms with Gasteiger partial charge in [0.15, 0.2) is 0 Å².